The van der Waals surface area contributed by atoms with Crippen LogP contribution in [0.1, 0.15) is 18.4 Å². The van der Waals surface area contributed by atoms with Gasteiger partial charge in [-0.1, -0.05) is 19.4 Å². The largest absolute Gasteiger partial charge is 0.483 e. The lowest BCUT2D eigenvalue weighted by molar-refractivity contribution is -0.670. The summed E-state index contributed by atoms with van der Waals surface area (Å²) in [6, 6.07) is 0.0896. The second kappa shape index (κ2) is 12.5. The van der Waals surface area contributed by atoms with Gasteiger partial charge in [0.25, 0.3) is 6.47 Å². The maximum Gasteiger partial charge on any atom is 0.430 e. The summed E-state index contributed by atoms with van der Waals surface area (Å²) >= 11 is 0. The molecule has 1 aromatic carbocycles. The van der Waals surface area contributed by atoms with Gasteiger partial charge in [-0.05, 0) is 50.2 Å². The summed E-state index contributed by atoms with van der Waals surface area (Å²) in [7, 11) is -10.1. The zero-order chi connectivity index (χ0) is 28.3. The molecule has 0 bridgehead atoms. The minimum atomic E-state index is -10.1. The molecule has 8 N–H and O–H groups in total. The Morgan fingerprint density at radius 2 is 1.72 bits per heavy atom. The third-order valence-electron chi connectivity index (χ3n) is 4.01. The smallest absolute Gasteiger partial charge is 0.430 e. The number of nitrogens with one attached hydrogen (secondary N) is 1. The van der Waals surface area contributed by atoms with Crippen LogP contribution in [0.2, 0.25) is 0 Å². The predicted molar refractivity (Wildman–Crippen MR) is 108 cm³/mol. The van der Waals surface area contributed by atoms with Crippen LogP contribution in [0.3, 0.4) is 0 Å². The van der Waals surface area contributed by atoms with Crippen molar-refractivity contribution >= 4 is 28.7 Å². The fraction of sp³-hybridized carbons (Fsp3) is 0.412. The van der Waals surface area contributed by atoms with E-state index < -0.39 is 57.0 Å². The highest BCUT2D eigenvalue weighted by Crippen LogP contribution is 3.02. The molecule has 1 atom stereocenters. The molecule has 0 saturated carbocycles. The first-order valence-electron chi connectivity index (χ1n) is 9.36. The number of nitrogens with two attached hydrogens (primary N) is 1. The summed E-state index contributed by atoms with van der Waals surface area (Å²) in [4.78, 5) is 21.5. The lowest BCUT2D eigenvalue weighted by Gasteiger charge is -2.41. The Labute approximate surface area is 198 Å². The first kappa shape index (κ1) is 33.3. The third kappa shape index (κ3) is 10.9. The highest BCUT2D eigenvalue weighted by atomic mass is 32.5. The first-order valence-corrected chi connectivity index (χ1v) is 11.3. The van der Waals surface area contributed by atoms with Gasteiger partial charge in [0, 0.05) is 5.56 Å². The fourth-order valence-electron chi connectivity index (χ4n) is 2.63. The van der Waals surface area contributed by atoms with Crippen molar-refractivity contribution in [2.75, 3.05) is 19.9 Å². The van der Waals surface area contributed by atoms with Crippen LogP contribution < -0.4 is 21.8 Å². The Balaban J connectivity index is 0.00000103. The van der Waals surface area contributed by atoms with Crippen molar-refractivity contribution in [2.24, 2.45) is 5.90 Å². The summed E-state index contributed by atoms with van der Waals surface area (Å²) < 4.78 is 112. The molecule has 2 heterocycles. The van der Waals surface area contributed by atoms with Gasteiger partial charge in [0.05, 0.1) is 5.57 Å². The number of quaternary nitrogens is 1. The van der Waals surface area contributed by atoms with E-state index in [-0.39, 0.29) is 18.6 Å². The van der Waals surface area contributed by atoms with Gasteiger partial charge in [0.2, 0.25) is 12.9 Å². The Hall–Kier alpha value is -2.71. The van der Waals surface area contributed by atoms with Crippen molar-refractivity contribution in [3.8, 4) is 5.75 Å². The number of benzene rings is 1. The number of hydrogen-bond acceptors (Lipinski definition) is 8. The molecule has 0 amide bonds. The number of carbonyl (C=O) groups excluding carboxylic acids is 1. The van der Waals surface area contributed by atoms with E-state index in [1.807, 2.05) is 0 Å². The van der Waals surface area contributed by atoms with Gasteiger partial charge in [0.1, 0.15) is 10.6 Å². The van der Waals surface area contributed by atoms with E-state index in [1.54, 1.807) is 0 Å². The minimum Gasteiger partial charge on any atom is -0.483 e. The summed E-state index contributed by atoms with van der Waals surface area (Å²) in [5, 5.41) is 16.9. The molecule has 210 valence electrons. The number of ether oxygens (including phenoxy) is 2. The van der Waals surface area contributed by atoms with E-state index in [9.17, 15) is 37.4 Å². The molecule has 0 aliphatic carbocycles. The van der Waals surface area contributed by atoms with Crippen LogP contribution in [0.15, 0.2) is 28.7 Å². The summed E-state index contributed by atoms with van der Waals surface area (Å²) in [5.74, 6) is 4.36. The molecule has 19 heteroatoms. The van der Waals surface area contributed by atoms with Crippen molar-refractivity contribution in [1.29, 1.82) is 0 Å². The van der Waals surface area contributed by atoms with Crippen LogP contribution in [-0.4, -0.2) is 54.9 Å². The fourth-order valence-corrected chi connectivity index (χ4v) is 3.30. The molecular weight excluding hydrogens is 542 g/mol. The topological polar surface area (TPSA) is 168 Å². The molecule has 2 aliphatic rings. The lowest BCUT2D eigenvalue weighted by Crippen LogP contribution is -2.42. The number of esters is 1. The van der Waals surface area contributed by atoms with Crippen molar-refractivity contribution in [2.45, 2.75) is 30.0 Å². The monoisotopic (exact) mass is 566 g/mol. The molecule has 36 heavy (non-hydrogen) atoms. The minimum absolute atomic E-state index is 0.104. The maximum absolute atomic E-state index is 13.0. The number of alkyl halides is 3. The van der Waals surface area contributed by atoms with Crippen molar-refractivity contribution < 1.29 is 72.7 Å². The molecule has 1 saturated heterocycles. The van der Waals surface area contributed by atoms with E-state index in [1.165, 1.54) is 25.9 Å². The summed E-state index contributed by atoms with van der Waals surface area (Å²) in [5.41, 5.74) is -2.07. The molecule has 2 aliphatic heterocycles. The van der Waals surface area contributed by atoms with E-state index in [0.29, 0.717) is 12.1 Å². The summed E-state index contributed by atoms with van der Waals surface area (Å²) in [6.07, 6.45) is -4.93. The van der Waals surface area contributed by atoms with Crippen LogP contribution in [0.25, 0.3) is 6.08 Å². The molecule has 0 aromatic heterocycles. The number of fused-ring (bicyclic) bond motifs is 1. The zero-order valence-corrected chi connectivity index (χ0v) is 19.0. The molecule has 3 rings (SSSR count). The summed E-state index contributed by atoms with van der Waals surface area (Å²) in [6.45, 7) is 1.29. The average molecular weight is 566 g/mol. The van der Waals surface area contributed by atoms with Crippen LogP contribution >= 0.6 is 10.2 Å². The Kier molecular flexibility index (Phi) is 11.6. The van der Waals surface area contributed by atoms with Gasteiger partial charge in [-0.3, -0.25) is 9.63 Å². The molecule has 1 aromatic rings. The second-order valence-electron chi connectivity index (χ2n) is 6.59. The van der Waals surface area contributed by atoms with Crippen LogP contribution in [0, 0.1) is 0 Å². The second-order valence-corrected chi connectivity index (χ2v) is 9.00. The van der Waals surface area contributed by atoms with Gasteiger partial charge in [0.15, 0.2) is 0 Å². The van der Waals surface area contributed by atoms with Crippen LogP contribution in [0.5, 0.6) is 5.75 Å². The highest BCUT2D eigenvalue weighted by molar-refractivity contribution is 8.45. The number of halogens is 8. The van der Waals surface area contributed by atoms with Gasteiger partial charge in [-0.15, -0.1) is 0 Å². The highest BCUT2D eigenvalue weighted by Gasteiger charge is 2.65. The third-order valence-corrected chi connectivity index (χ3v) is 5.16. The number of hydrogen-bond donors (Lipinski definition) is 5. The molecular formula is C17H24F8N3O7S+. The molecule has 0 radical (unpaired) electrons. The SMILES string of the molecule is C1CCNC1.NOCOC(=O)C1=Cc2cc(S(F)(F)(F)(F)F)ccc2OC1C(F)(F)F.O=CO.[NH3+]O. The number of carbonyl (C=O) groups is 2. The quantitative estimate of drug-likeness (QED) is 0.121. The predicted octanol–water partition coefficient (Wildman–Crippen LogP) is 3.13. The maximum atomic E-state index is 13.0. The Morgan fingerprint density at radius 3 is 2.11 bits per heavy atom. The van der Waals surface area contributed by atoms with Crippen molar-refractivity contribution in [3.05, 3.63) is 29.3 Å². The van der Waals surface area contributed by atoms with Gasteiger partial charge >= 0.3 is 22.4 Å². The zero-order valence-electron chi connectivity index (χ0n) is 18.2. The number of rotatable bonds is 4. The van der Waals surface area contributed by atoms with Gasteiger partial charge in [-0.25, -0.2) is 21.8 Å². The lowest BCUT2D eigenvalue weighted by atomic mass is 10.0. The van der Waals surface area contributed by atoms with E-state index in [0.717, 1.165) is 0 Å². The molecule has 1 fully saturated rings. The normalized spacial score (nSPS) is 18.4. The van der Waals surface area contributed by atoms with E-state index in [2.05, 4.69) is 31.4 Å². The average Bonchev–Trinajstić information content (AvgIpc) is 3.36. The number of carboxylic acid groups (broad SMARTS) is 1. The van der Waals surface area contributed by atoms with Gasteiger partial charge in [-0.2, -0.15) is 13.2 Å². The van der Waals surface area contributed by atoms with Crippen LogP contribution in [-0.2, 0) is 19.2 Å². The molecule has 10 nitrogen and oxygen atoms in total. The molecule has 1 unspecified atom stereocenters. The van der Waals surface area contributed by atoms with Crippen molar-refractivity contribution in [1.82, 2.24) is 5.32 Å². The van der Waals surface area contributed by atoms with Crippen LogP contribution in [0.4, 0.5) is 32.6 Å². The van der Waals surface area contributed by atoms with Gasteiger partial charge < -0.3 is 19.9 Å². The Morgan fingerprint density at radius 1 is 1.19 bits per heavy atom. The van der Waals surface area contributed by atoms with Crippen molar-refractivity contribution in [3.63, 3.8) is 0 Å². The molecule has 0 spiro atoms. The van der Waals surface area contributed by atoms with E-state index >= 15 is 0 Å². The Bertz CT molecular complexity index is 903. The van der Waals surface area contributed by atoms with E-state index in [4.69, 9.17) is 15.1 Å². The standard InChI is InChI=1S/C12H9F8NO4S.C4H9N.CH2O2.H4NO/c13-12(14,15)10-8(11(22)23-5-24-21)4-6-3-7(1-2-9(6)25-10)26(16,17,18,19)20;1-2-4-5-3-1;2-1-3;1-2/h1-4,10H,5,21H2;5H,1-4H2;1H,(H,2,3);2H,1H3/q;;;+1. The first-order chi connectivity index (χ1) is 16.4.